The molecule has 14 heavy (non-hydrogen) atoms. The Morgan fingerprint density at radius 1 is 1.64 bits per heavy atom. The number of aromatic nitrogens is 3. The van der Waals surface area contributed by atoms with Crippen LogP contribution in [-0.2, 0) is 12.7 Å². The molecule has 0 aliphatic heterocycles. The summed E-state index contributed by atoms with van der Waals surface area (Å²) in [5.41, 5.74) is 4.41. The molecule has 0 fully saturated rings. The summed E-state index contributed by atoms with van der Waals surface area (Å²) >= 11 is 0. The molecule has 0 saturated heterocycles. The Balaban J connectivity index is 3.00. The van der Waals surface area contributed by atoms with Gasteiger partial charge in [0.1, 0.15) is 0 Å². The molecule has 1 unspecified atom stereocenters. The van der Waals surface area contributed by atoms with Crippen molar-refractivity contribution in [1.29, 1.82) is 0 Å². The summed E-state index contributed by atoms with van der Waals surface area (Å²) in [5.74, 6) is -1.30. The molecule has 3 N–H and O–H groups in total. The minimum absolute atomic E-state index is 0.0502. The van der Waals surface area contributed by atoms with E-state index in [1.54, 1.807) is 11.9 Å². The molecule has 0 aliphatic carbocycles. The number of aromatic amines is 1. The molecule has 0 saturated carbocycles. The highest BCUT2D eigenvalue weighted by molar-refractivity contribution is 4.88. The van der Waals surface area contributed by atoms with E-state index in [2.05, 4.69) is 5.10 Å². The molecule has 1 aromatic rings. The maximum Gasteiger partial charge on any atom is 0.451 e. The van der Waals surface area contributed by atoms with Crippen molar-refractivity contribution in [1.82, 2.24) is 14.8 Å². The predicted octanol–water partition coefficient (Wildman–Crippen LogP) is -0.0626. The molecule has 5 nitrogen and oxygen atoms in total. The van der Waals surface area contributed by atoms with Crippen molar-refractivity contribution in [2.24, 2.45) is 5.73 Å². The summed E-state index contributed by atoms with van der Waals surface area (Å²) < 4.78 is 36.8. The van der Waals surface area contributed by atoms with Crippen molar-refractivity contribution in [3.05, 3.63) is 16.3 Å². The molecule has 1 heterocycles. The Hall–Kier alpha value is -1.31. The first-order valence-corrected chi connectivity index (χ1v) is 3.80. The maximum atomic E-state index is 12.0. The number of nitrogens with one attached hydrogen (secondary N) is 1. The van der Waals surface area contributed by atoms with E-state index in [0.717, 1.165) is 0 Å². The summed E-state index contributed by atoms with van der Waals surface area (Å²) in [6, 6.07) is -0.433. The summed E-state index contributed by atoms with van der Waals surface area (Å²) in [6.07, 6.45) is -4.64. The molecule has 1 atom stereocenters. The maximum absolute atomic E-state index is 12.0. The van der Waals surface area contributed by atoms with Gasteiger partial charge < -0.3 is 5.73 Å². The highest BCUT2D eigenvalue weighted by Gasteiger charge is 2.35. The van der Waals surface area contributed by atoms with E-state index in [4.69, 9.17) is 5.73 Å². The van der Waals surface area contributed by atoms with Crippen LogP contribution in [0.5, 0.6) is 0 Å². The number of H-pyrrole nitrogens is 1. The third-order valence-electron chi connectivity index (χ3n) is 1.41. The van der Waals surface area contributed by atoms with Gasteiger partial charge in [-0.2, -0.15) is 13.2 Å². The number of rotatable bonds is 2. The van der Waals surface area contributed by atoms with Gasteiger partial charge in [-0.05, 0) is 6.92 Å². The van der Waals surface area contributed by atoms with E-state index in [-0.39, 0.29) is 6.54 Å². The van der Waals surface area contributed by atoms with E-state index >= 15 is 0 Å². The van der Waals surface area contributed by atoms with Crippen LogP contribution < -0.4 is 11.4 Å². The Labute approximate surface area is 76.7 Å². The van der Waals surface area contributed by atoms with Crippen LogP contribution in [0.2, 0.25) is 0 Å². The minimum atomic E-state index is -4.64. The first-order chi connectivity index (χ1) is 6.30. The Kier molecular flexibility index (Phi) is 2.65. The number of nitrogens with two attached hydrogens (primary N) is 1. The zero-order valence-corrected chi connectivity index (χ0v) is 7.30. The molecular weight excluding hydrogens is 201 g/mol. The van der Waals surface area contributed by atoms with Gasteiger partial charge in [-0.3, -0.25) is 4.98 Å². The third-order valence-corrected chi connectivity index (χ3v) is 1.41. The fourth-order valence-electron chi connectivity index (χ4n) is 0.881. The summed E-state index contributed by atoms with van der Waals surface area (Å²) in [5, 5.41) is 3.06. The average Bonchev–Trinajstić information content (AvgIpc) is 2.30. The molecule has 80 valence electrons. The van der Waals surface area contributed by atoms with E-state index in [0.29, 0.717) is 4.68 Å². The van der Waals surface area contributed by atoms with Gasteiger partial charge >= 0.3 is 11.9 Å². The minimum Gasteiger partial charge on any atom is -0.326 e. The monoisotopic (exact) mass is 210 g/mol. The van der Waals surface area contributed by atoms with Gasteiger partial charge in [0.2, 0.25) is 5.82 Å². The number of hydrogen-bond acceptors (Lipinski definition) is 3. The highest BCUT2D eigenvalue weighted by atomic mass is 19.4. The first kappa shape index (κ1) is 10.8. The molecule has 0 radical (unpaired) electrons. The van der Waals surface area contributed by atoms with Crippen molar-refractivity contribution >= 4 is 0 Å². The fraction of sp³-hybridized carbons (Fsp3) is 0.667. The van der Waals surface area contributed by atoms with Crippen LogP contribution in [0.15, 0.2) is 4.79 Å². The lowest BCUT2D eigenvalue weighted by Gasteiger charge is -2.02. The number of alkyl halides is 3. The van der Waals surface area contributed by atoms with Crippen LogP contribution in [0.3, 0.4) is 0 Å². The number of halogens is 3. The second kappa shape index (κ2) is 3.45. The normalized spacial score (nSPS) is 14.4. The van der Waals surface area contributed by atoms with Gasteiger partial charge in [0.25, 0.3) is 0 Å². The first-order valence-electron chi connectivity index (χ1n) is 3.80. The van der Waals surface area contributed by atoms with Crippen molar-refractivity contribution in [2.75, 3.05) is 0 Å². The van der Waals surface area contributed by atoms with E-state index < -0.39 is 23.7 Å². The summed E-state index contributed by atoms with van der Waals surface area (Å²) in [6.45, 7) is 1.51. The van der Waals surface area contributed by atoms with Crippen LogP contribution in [0.1, 0.15) is 12.7 Å². The molecule has 1 rings (SSSR count). The van der Waals surface area contributed by atoms with Crippen LogP contribution in [0.4, 0.5) is 13.2 Å². The van der Waals surface area contributed by atoms with Crippen molar-refractivity contribution in [2.45, 2.75) is 25.7 Å². The summed E-state index contributed by atoms with van der Waals surface area (Å²) in [7, 11) is 0. The third kappa shape index (κ3) is 2.34. The SMILES string of the molecule is CC(N)Cn1nc(C(F)(F)F)[nH]c1=O. The average molecular weight is 210 g/mol. The standard InChI is InChI=1S/C6H9F3N4O/c1-3(10)2-13-5(14)11-4(12-13)6(7,8)9/h3H,2,10H2,1H3,(H,11,12,14). The van der Waals surface area contributed by atoms with E-state index in [9.17, 15) is 18.0 Å². The largest absolute Gasteiger partial charge is 0.451 e. The lowest BCUT2D eigenvalue weighted by molar-refractivity contribution is -0.145. The van der Waals surface area contributed by atoms with Crippen LogP contribution in [0, 0.1) is 0 Å². The second-order valence-electron chi connectivity index (χ2n) is 2.94. The number of hydrogen-bond donors (Lipinski definition) is 2. The Morgan fingerprint density at radius 2 is 2.21 bits per heavy atom. The lowest BCUT2D eigenvalue weighted by Crippen LogP contribution is -2.29. The second-order valence-corrected chi connectivity index (χ2v) is 2.94. The van der Waals surface area contributed by atoms with Crippen molar-refractivity contribution in [3.8, 4) is 0 Å². The summed E-state index contributed by atoms with van der Waals surface area (Å²) in [4.78, 5) is 12.5. The quantitative estimate of drug-likeness (QED) is 0.717. The van der Waals surface area contributed by atoms with Crippen LogP contribution in [0.25, 0.3) is 0 Å². The molecule has 8 heteroatoms. The predicted molar refractivity (Wildman–Crippen MR) is 41.5 cm³/mol. The smallest absolute Gasteiger partial charge is 0.326 e. The zero-order valence-electron chi connectivity index (χ0n) is 7.30. The van der Waals surface area contributed by atoms with Crippen molar-refractivity contribution < 1.29 is 13.2 Å². The Bertz CT molecular complexity index is 364. The fourth-order valence-corrected chi connectivity index (χ4v) is 0.881. The van der Waals surface area contributed by atoms with Gasteiger partial charge in [0.15, 0.2) is 0 Å². The van der Waals surface area contributed by atoms with Crippen LogP contribution in [-0.4, -0.2) is 20.8 Å². The van der Waals surface area contributed by atoms with Gasteiger partial charge in [-0.15, -0.1) is 5.10 Å². The molecule has 0 spiro atoms. The molecule has 0 aliphatic rings. The van der Waals surface area contributed by atoms with Crippen molar-refractivity contribution in [3.63, 3.8) is 0 Å². The molecule has 1 aromatic heterocycles. The zero-order chi connectivity index (χ0) is 10.9. The van der Waals surface area contributed by atoms with E-state index in [1.165, 1.54) is 0 Å². The number of nitrogens with zero attached hydrogens (tertiary/aromatic N) is 2. The van der Waals surface area contributed by atoms with Gasteiger partial charge in [-0.25, -0.2) is 9.48 Å². The lowest BCUT2D eigenvalue weighted by atomic mass is 10.4. The molecule has 0 aromatic carbocycles. The molecular formula is C6H9F3N4O. The van der Waals surface area contributed by atoms with Gasteiger partial charge in [0, 0.05) is 6.04 Å². The van der Waals surface area contributed by atoms with Crippen LogP contribution >= 0.6 is 0 Å². The topological polar surface area (TPSA) is 76.7 Å². The molecule has 0 amide bonds. The highest BCUT2D eigenvalue weighted by Crippen LogP contribution is 2.24. The molecule has 0 bridgehead atoms. The van der Waals surface area contributed by atoms with Gasteiger partial charge in [-0.1, -0.05) is 0 Å². The Morgan fingerprint density at radius 3 is 2.57 bits per heavy atom. The van der Waals surface area contributed by atoms with Gasteiger partial charge in [0.05, 0.1) is 6.54 Å². The van der Waals surface area contributed by atoms with E-state index in [1.807, 2.05) is 0 Å².